The maximum absolute atomic E-state index is 12.4. The number of carboxylic acid groups (broad SMARTS) is 1. The number of aliphatic carboxylic acids is 1. The summed E-state index contributed by atoms with van der Waals surface area (Å²) in [4.78, 5) is 35.7. The van der Waals surface area contributed by atoms with E-state index in [4.69, 9.17) is 4.74 Å². The van der Waals surface area contributed by atoms with Crippen molar-refractivity contribution >= 4 is 29.3 Å². The van der Waals surface area contributed by atoms with Gasteiger partial charge < -0.3 is 14.7 Å². The van der Waals surface area contributed by atoms with Crippen LogP contribution in [0.1, 0.15) is 18.9 Å². The molecule has 1 saturated heterocycles. The molecule has 1 aromatic rings. The van der Waals surface area contributed by atoms with Crippen molar-refractivity contribution in [1.82, 2.24) is 4.90 Å². The molecule has 0 radical (unpaired) electrons. The number of benzene rings is 1. The molecule has 8 nitrogen and oxygen atoms in total. The minimum atomic E-state index is -0.868. The fourth-order valence-electron chi connectivity index (χ4n) is 3.05. The molecule has 1 aliphatic rings. The number of ether oxygens (including phenoxy) is 1. The number of thioether (sulfide) groups is 1. The molecule has 1 heterocycles. The van der Waals surface area contributed by atoms with Gasteiger partial charge in [0.25, 0.3) is 0 Å². The SMILES string of the molecule is COc1ccc(CSCC(=O)N2CC(C)CC(C(=O)O)C2)cc1[N+](=O)[O-]. The Kier molecular flexibility index (Phi) is 6.84. The summed E-state index contributed by atoms with van der Waals surface area (Å²) in [5.74, 6) is -0.480. The molecule has 1 aromatic carbocycles. The van der Waals surface area contributed by atoms with Crippen LogP contribution in [-0.2, 0) is 15.3 Å². The predicted molar refractivity (Wildman–Crippen MR) is 97.3 cm³/mol. The molecule has 0 bridgehead atoms. The maximum atomic E-state index is 12.4. The molecule has 2 atom stereocenters. The van der Waals surface area contributed by atoms with Crippen LogP contribution in [-0.4, -0.2) is 52.8 Å². The summed E-state index contributed by atoms with van der Waals surface area (Å²) < 4.78 is 4.97. The summed E-state index contributed by atoms with van der Waals surface area (Å²) in [6.45, 7) is 2.75. The van der Waals surface area contributed by atoms with Gasteiger partial charge in [-0.25, -0.2) is 0 Å². The van der Waals surface area contributed by atoms with Crippen LogP contribution in [0.15, 0.2) is 18.2 Å². The van der Waals surface area contributed by atoms with Crippen LogP contribution in [0.4, 0.5) is 5.69 Å². The number of carbonyl (C=O) groups is 2. The molecular formula is C17H22N2O6S. The number of amides is 1. The molecular weight excluding hydrogens is 360 g/mol. The average Bonchev–Trinajstić information content (AvgIpc) is 2.60. The van der Waals surface area contributed by atoms with Crippen molar-refractivity contribution in [2.45, 2.75) is 19.1 Å². The lowest BCUT2D eigenvalue weighted by molar-refractivity contribution is -0.385. The summed E-state index contributed by atoms with van der Waals surface area (Å²) >= 11 is 1.35. The highest BCUT2D eigenvalue weighted by molar-refractivity contribution is 7.99. The highest BCUT2D eigenvalue weighted by Gasteiger charge is 2.31. The van der Waals surface area contributed by atoms with Crippen LogP contribution in [0.2, 0.25) is 0 Å². The number of nitrogens with zero attached hydrogens (tertiary/aromatic N) is 2. The van der Waals surface area contributed by atoms with E-state index in [1.807, 2.05) is 6.92 Å². The molecule has 2 rings (SSSR count). The van der Waals surface area contributed by atoms with E-state index in [2.05, 4.69) is 0 Å². The molecule has 1 N–H and O–H groups in total. The molecule has 2 unspecified atom stereocenters. The van der Waals surface area contributed by atoms with Crippen molar-refractivity contribution in [3.63, 3.8) is 0 Å². The molecule has 0 aromatic heterocycles. The second-order valence-electron chi connectivity index (χ2n) is 6.43. The Morgan fingerprint density at radius 2 is 2.15 bits per heavy atom. The largest absolute Gasteiger partial charge is 0.490 e. The second kappa shape index (κ2) is 8.88. The average molecular weight is 382 g/mol. The summed E-state index contributed by atoms with van der Waals surface area (Å²) in [6.07, 6.45) is 0.585. The van der Waals surface area contributed by atoms with Crippen LogP contribution >= 0.6 is 11.8 Å². The number of likely N-dealkylation sites (tertiary alicyclic amines) is 1. The van der Waals surface area contributed by atoms with Gasteiger partial charge in [-0.05, 0) is 24.0 Å². The lowest BCUT2D eigenvalue weighted by Crippen LogP contribution is -2.46. The molecule has 0 spiro atoms. The van der Waals surface area contributed by atoms with E-state index >= 15 is 0 Å². The van der Waals surface area contributed by atoms with Crippen LogP contribution in [0, 0.1) is 22.0 Å². The zero-order valence-corrected chi connectivity index (χ0v) is 15.5. The predicted octanol–water partition coefficient (Wildman–Crippen LogP) is 2.41. The number of piperidine rings is 1. The van der Waals surface area contributed by atoms with Crippen molar-refractivity contribution in [2.75, 3.05) is 26.0 Å². The molecule has 9 heteroatoms. The standard InChI is InChI=1S/C17H22N2O6S/c1-11-5-13(17(21)22)8-18(7-11)16(20)10-26-9-12-3-4-15(25-2)14(6-12)19(23)24/h3-4,6,11,13H,5,7-10H2,1-2H3,(H,21,22). The fraction of sp³-hybridized carbons (Fsp3) is 0.529. The first-order chi connectivity index (χ1) is 12.3. The van der Waals surface area contributed by atoms with Crippen LogP contribution in [0.25, 0.3) is 0 Å². The van der Waals surface area contributed by atoms with E-state index in [9.17, 15) is 24.8 Å². The Labute approximate surface area is 155 Å². The van der Waals surface area contributed by atoms with Gasteiger partial charge >= 0.3 is 11.7 Å². The summed E-state index contributed by atoms with van der Waals surface area (Å²) in [5.41, 5.74) is 0.622. The van der Waals surface area contributed by atoms with Crippen molar-refractivity contribution in [2.24, 2.45) is 11.8 Å². The lowest BCUT2D eigenvalue weighted by atomic mass is 9.90. The van der Waals surface area contributed by atoms with Crippen LogP contribution < -0.4 is 4.74 Å². The van der Waals surface area contributed by atoms with Gasteiger partial charge in [0.05, 0.1) is 23.7 Å². The summed E-state index contributed by atoms with van der Waals surface area (Å²) in [6, 6.07) is 4.71. The highest BCUT2D eigenvalue weighted by Crippen LogP contribution is 2.29. The van der Waals surface area contributed by atoms with Crippen molar-refractivity contribution in [3.8, 4) is 5.75 Å². The molecule has 1 fully saturated rings. The Morgan fingerprint density at radius 1 is 1.42 bits per heavy atom. The third-order valence-corrected chi connectivity index (χ3v) is 5.28. The Bertz CT molecular complexity index is 696. The van der Waals surface area contributed by atoms with Crippen molar-refractivity contribution < 1.29 is 24.4 Å². The van der Waals surface area contributed by atoms with Gasteiger partial charge in [0.15, 0.2) is 5.75 Å². The Hall–Kier alpha value is -2.29. The quantitative estimate of drug-likeness (QED) is 0.569. The Balaban J connectivity index is 1.91. The number of carbonyl (C=O) groups excluding carboxylic acids is 1. The third-order valence-electron chi connectivity index (χ3n) is 4.30. The first-order valence-electron chi connectivity index (χ1n) is 8.21. The first kappa shape index (κ1) is 20.0. The van der Waals surface area contributed by atoms with E-state index in [1.54, 1.807) is 17.0 Å². The van der Waals surface area contributed by atoms with E-state index in [1.165, 1.54) is 24.9 Å². The molecule has 142 valence electrons. The van der Waals surface area contributed by atoms with Gasteiger partial charge in [-0.3, -0.25) is 19.7 Å². The van der Waals surface area contributed by atoms with Crippen molar-refractivity contribution in [3.05, 3.63) is 33.9 Å². The van der Waals surface area contributed by atoms with Crippen LogP contribution in [0.3, 0.4) is 0 Å². The summed E-state index contributed by atoms with van der Waals surface area (Å²) in [7, 11) is 1.37. The maximum Gasteiger partial charge on any atom is 0.311 e. The first-order valence-corrected chi connectivity index (χ1v) is 9.37. The third kappa shape index (κ3) is 5.10. The van der Waals surface area contributed by atoms with E-state index in [-0.39, 0.29) is 35.6 Å². The minimum absolute atomic E-state index is 0.101. The molecule has 0 saturated carbocycles. The number of hydrogen-bond donors (Lipinski definition) is 1. The number of hydrogen-bond acceptors (Lipinski definition) is 6. The number of rotatable bonds is 7. The number of nitro groups is 1. The van der Waals surface area contributed by atoms with Gasteiger partial charge in [-0.2, -0.15) is 0 Å². The van der Waals surface area contributed by atoms with E-state index in [0.29, 0.717) is 18.7 Å². The monoisotopic (exact) mass is 382 g/mol. The smallest absolute Gasteiger partial charge is 0.311 e. The van der Waals surface area contributed by atoms with Gasteiger partial charge in [-0.1, -0.05) is 13.0 Å². The van der Waals surface area contributed by atoms with E-state index < -0.39 is 16.8 Å². The lowest BCUT2D eigenvalue weighted by Gasteiger charge is -2.34. The van der Waals surface area contributed by atoms with Gasteiger partial charge in [0.1, 0.15) is 0 Å². The molecule has 26 heavy (non-hydrogen) atoms. The van der Waals surface area contributed by atoms with Gasteiger partial charge in [0, 0.05) is 24.9 Å². The summed E-state index contributed by atoms with van der Waals surface area (Å²) in [5, 5.41) is 20.2. The number of carboxylic acids is 1. The van der Waals surface area contributed by atoms with Gasteiger partial charge in [0.2, 0.25) is 5.91 Å². The highest BCUT2D eigenvalue weighted by atomic mass is 32.2. The number of nitro benzene ring substituents is 1. The normalized spacial score (nSPS) is 19.8. The fourth-order valence-corrected chi connectivity index (χ4v) is 3.92. The molecule has 1 amide bonds. The van der Waals surface area contributed by atoms with Gasteiger partial charge in [-0.15, -0.1) is 11.8 Å². The second-order valence-corrected chi connectivity index (χ2v) is 7.42. The molecule has 1 aliphatic heterocycles. The minimum Gasteiger partial charge on any atom is -0.490 e. The molecule has 0 aliphatic carbocycles. The van der Waals surface area contributed by atoms with Crippen LogP contribution in [0.5, 0.6) is 5.75 Å². The Morgan fingerprint density at radius 3 is 2.77 bits per heavy atom. The van der Waals surface area contributed by atoms with E-state index in [0.717, 1.165) is 5.56 Å². The topological polar surface area (TPSA) is 110 Å². The number of methoxy groups -OCH3 is 1. The zero-order valence-electron chi connectivity index (χ0n) is 14.7. The zero-order chi connectivity index (χ0) is 19.3. The van der Waals surface area contributed by atoms with Crippen molar-refractivity contribution in [1.29, 1.82) is 0 Å².